The first kappa shape index (κ1) is 23.6. The number of fused-ring (bicyclic) bond motifs is 6. The van der Waals surface area contributed by atoms with E-state index in [2.05, 4.69) is 6.58 Å². The fourth-order valence-corrected chi connectivity index (χ4v) is 6.78. The molecule has 8 nitrogen and oxygen atoms in total. The molecule has 0 fully saturated rings. The molecule has 0 N–H and O–H groups in total. The number of anilines is 2. The number of halogens is 1. The SMILES string of the molecule is C=CCN1C(=O)C2(c3ccccc31)c1c(oc3ccc(Cl)cc3c1=O)C(=O)N2c1nc2ccc(OC)cc2s1. The molecule has 0 saturated carbocycles. The Hall–Kier alpha value is -4.47. The van der Waals surface area contributed by atoms with E-state index in [0.29, 0.717) is 27.5 Å². The third-order valence-electron chi connectivity index (χ3n) is 7.17. The molecule has 2 aliphatic heterocycles. The molecule has 3 aromatic carbocycles. The van der Waals surface area contributed by atoms with Crippen molar-refractivity contribution in [3.05, 3.63) is 105 Å². The van der Waals surface area contributed by atoms with Gasteiger partial charge in [-0.25, -0.2) is 4.98 Å². The number of aromatic nitrogens is 1. The molecule has 2 aliphatic rings. The Bertz CT molecular complexity index is 1960. The van der Waals surface area contributed by atoms with E-state index in [1.165, 1.54) is 27.2 Å². The molecule has 7 rings (SSSR count). The highest BCUT2D eigenvalue weighted by Gasteiger charge is 2.66. The summed E-state index contributed by atoms with van der Waals surface area (Å²) in [6.45, 7) is 3.98. The zero-order chi connectivity index (χ0) is 27.1. The number of nitrogens with zero attached hydrogens (tertiary/aromatic N) is 3. The number of amides is 2. The van der Waals surface area contributed by atoms with Crippen molar-refractivity contribution in [3.63, 3.8) is 0 Å². The van der Waals surface area contributed by atoms with Crippen LogP contribution in [0.15, 0.2) is 82.5 Å². The second-order valence-corrected chi connectivity index (χ2v) is 10.6. The minimum Gasteiger partial charge on any atom is -0.497 e. The predicted molar refractivity (Wildman–Crippen MR) is 150 cm³/mol. The highest BCUT2D eigenvalue weighted by molar-refractivity contribution is 7.22. The van der Waals surface area contributed by atoms with Gasteiger partial charge in [0.15, 0.2) is 16.1 Å². The van der Waals surface area contributed by atoms with Gasteiger partial charge in [-0.3, -0.25) is 19.3 Å². The third kappa shape index (κ3) is 2.99. The molecule has 1 spiro atoms. The number of ether oxygens (including phenoxy) is 1. The van der Waals surface area contributed by atoms with Crippen LogP contribution in [0.5, 0.6) is 5.75 Å². The van der Waals surface area contributed by atoms with Crippen molar-refractivity contribution in [2.24, 2.45) is 0 Å². The van der Waals surface area contributed by atoms with Crippen molar-refractivity contribution in [1.29, 1.82) is 0 Å². The molecule has 1 atom stereocenters. The summed E-state index contributed by atoms with van der Waals surface area (Å²) in [5.41, 5.74) is -0.520. The van der Waals surface area contributed by atoms with Gasteiger partial charge in [-0.05, 0) is 42.5 Å². The standard InChI is InChI=1S/C29H18ClN3O5S/c1-3-12-32-20-7-5-4-6-18(20)29(27(32)36)23-24(34)17-13-15(30)8-11-21(17)38-25(23)26(35)33(29)28-31-19-10-9-16(37-2)14-22(19)39-28/h3-11,13-14H,1,12H2,2H3. The average molecular weight is 556 g/mol. The maximum atomic E-state index is 14.6. The summed E-state index contributed by atoms with van der Waals surface area (Å²) in [5.74, 6) is -0.673. The quantitative estimate of drug-likeness (QED) is 0.272. The van der Waals surface area contributed by atoms with Crippen LogP contribution in [-0.2, 0) is 10.3 Å². The van der Waals surface area contributed by atoms with Gasteiger partial charge in [-0.1, -0.05) is 47.2 Å². The van der Waals surface area contributed by atoms with E-state index in [1.807, 2.05) is 6.07 Å². The van der Waals surface area contributed by atoms with Gasteiger partial charge in [0.2, 0.25) is 5.76 Å². The van der Waals surface area contributed by atoms with Crippen LogP contribution >= 0.6 is 22.9 Å². The van der Waals surface area contributed by atoms with Crippen LogP contribution in [-0.4, -0.2) is 30.5 Å². The molecular weight excluding hydrogens is 538 g/mol. The maximum Gasteiger partial charge on any atom is 0.297 e. The van der Waals surface area contributed by atoms with E-state index in [4.69, 9.17) is 25.7 Å². The van der Waals surface area contributed by atoms with Crippen LogP contribution in [0.3, 0.4) is 0 Å². The number of para-hydroxylation sites is 1. The Kier molecular flexibility index (Phi) is 5.01. The summed E-state index contributed by atoms with van der Waals surface area (Å²) in [6.07, 6.45) is 1.60. The summed E-state index contributed by atoms with van der Waals surface area (Å²) in [5, 5.41) is 0.757. The van der Waals surface area contributed by atoms with E-state index in [9.17, 15) is 14.4 Å². The number of hydrogen-bond acceptors (Lipinski definition) is 7. The summed E-state index contributed by atoms with van der Waals surface area (Å²) in [4.78, 5) is 50.6. The van der Waals surface area contributed by atoms with Crippen LogP contribution < -0.4 is 20.0 Å². The Balaban J connectivity index is 1.61. The van der Waals surface area contributed by atoms with Gasteiger partial charge in [-0.2, -0.15) is 0 Å². The number of carbonyl (C=O) groups is 2. The van der Waals surface area contributed by atoms with Gasteiger partial charge in [0.1, 0.15) is 11.3 Å². The zero-order valence-corrected chi connectivity index (χ0v) is 22.0. The van der Waals surface area contributed by atoms with Crippen molar-refractivity contribution in [3.8, 4) is 5.75 Å². The topological polar surface area (TPSA) is 93.0 Å². The summed E-state index contributed by atoms with van der Waals surface area (Å²) in [7, 11) is 1.56. The Morgan fingerprint density at radius 1 is 1.13 bits per heavy atom. The highest BCUT2D eigenvalue weighted by atomic mass is 35.5. The van der Waals surface area contributed by atoms with Crippen LogP contribution in [0.2, 0.25) is 5.02 Å². The Labute approximate surface area is 230 Å². The molecule has 39 heavy (non-hydrogen) atoms. The second-order valence-electron chi connectivity index (χ2n) is 9.18. The lowest BCUT2D eigenvalue weighted by Crippen LogP contribution is -2.53. The fraction of sp³-hybridized carbons (Fsp3) is 0.103. The maximum absolute atomic E-state index is 14.6. The van der Waals surface area contributed by atoms with Crippen LogP contribution in [0.1, 0.15) is 21.7 Å². The molecule has 1 unspecified atom stereocenters. The van der Waals surface area contributed by atoms with Crippen LogP contribution in [0, 0.1) is 0 Å². The van der Waals surface area contributed by atoms with Crippen molar-refractivity contribution in [1.82, 2.24) is 4.98 Å². The zero-order valence-electron chi connectivity index (χ0n) is 20.4. The van der Waals surface area contributed by atoms with Crippen molar-refractivity contribution >= 4 is 66.8 Å². The minimum atomic E-state index is -1.83. The van der Waals surface area contributed by atoms with E-state index in [0.717, 1.165) is 4.70 Å². The first-order valence-electron chi connectivity index (χ1n) is 12.0. The van der Waals surface area contributed by atoms with Crippen LogP contribution in [0.25, 0.3) is 21.2 Å². The fourth-order valence-electron chi connectivity index (χ4n) is 5.56. The predicted octanol–water partition coefficient (Wildman–Crippen LogP) is 5.50. The lowest BCUT2D eigenvalue weighted by Gasteiger charge is -2.32. The normalized spacial score (nSPS) is 17.9. The summed E-state index contributed by atoms with van der Waals surface area (Å²) >= 11 is 7.45. The summed E-state index contributed by atoms with van der Waals surface area (Å²) in [6, 6.07) is 17.1. The lowest BCUT2D eigenvalue weighted by atomic mass is 9.84. The number of carbonyl (C=O) groups excluding carboxylic acids is 2. The Morgan fingerprint density at radius 2 is 1.95 bits per heavy atom. The number of thiazole rings is 1. The van der Waals surface area contributed by atoms with Crippen molar-refractivity contribution in [2.45, 2.75) is 5.54 Å². The highest BCUT2D eigenvalue weighted by Crippen LogP contribution is 2.54. The number of methoxy groups -OCH3 is 1. The average Bonchev–Trinajstić information content (AvgIpc) is 3.55. The van der Waals surface area contributed by atoms with Crippen LogP contribution in [0.4, 0.5) is 10.8 Å². The van der Waals surface area contributed by atoms with Gasteiger partial charge < -0.3 is 14.1 Å². The number of rotatable bonds is 4. The molecule has 0 bridgehead atoms. The number of benzene rings is 3. The molecule has 4 heterocycles. The second kappa shape index (κ2) is 8.26. The van der Waals surface area contributed by atoms with E-state index in [-0.39, 0.29) is 34.0 Å². The van der Waals surface area contributed by atoms with Gasteiger partial charge in [-0.15, -0.1) is 6.58 Å². The molecule has 192 valence electrons. The molecule has 0 aliphatic carbocycles. The molecule has 5 aromatic rings. The first-order chi connectivity index (χ1) is 18.9. The van der Waals surface area contributed by atoms with E-state index in [1.54, 1.807) is 61.7 Å². The van der Waals surface area contributed by atoms with Crippen molar-refractivity contribution in [2.75, 3.05) is 23.5 Å². The smallest absolute Gasteiger partial charge is 0.297 e. The lowest BCUT2D eigenvalue weighted by molar-refractivity contribution is -0.121. The molecule has 2 amide bonds. The first-order valence-corrected chi connectivity index (χ1v) is 13.2. The minimum absolute atomic E-state index is 0.0527. The van der Waals surface area contributed by atoms with E-state index < -0.39 is 22.8 Å². The summed E-state index contributed by atoms with van der Waals surface area (Å²) < 4.78 is 12.2. The van der Waals surface area contributed by atoms with Gasteiger partial charge >= 0.3 is 0 Å². The number of hydrogen-bond donors (Lipinski definition) is 0. The molecule has 0 radical (unpaired) electrons. The van der Waals surface area contributed by atoms with Gasteiger partial charge in [0.25, 0.3) is 11.8 Å². The molecule has 10 heteroatoms. The molecule has 0 saturated heterocycles. The monoisotopic (exact) mass is 555 g/mol. The van der Waals surface area contributed by atoms with Gasteiger partial charge in [0, 0.05) is 17.1 Å². The molecule has 2 aromatic heterocycles. The third-order valence-corrected chi connectivity index (χ3v) is 8.41. The largest absolute Gasteiger partial charge is 0.497 e. The van der Waals surface area contributed by atoms with Gasteiger partial charge in [0.05, 0.1) is 34.0 Å². The van der Waals surface area contributed by atoms with E-state index >= 15 is 0 Å². The van der Waals surface area contributed by atoms with Crippen molar-refractivity contribution < 1.29 is 18.7 Å². The Morgan fingerprint density at radius 3 is 2.74 bits per heavy atom. The molecular formula is C29H18ClN3O5S.